The Labute approximate surface area is 199 Å². The van der Waals surface area contributed by atoms with E-state index in [1.807, 2.05) is 0 Å². The Morgan fingerprint density at radius 2 is 1.70 bits per heavy atom. The Morgan fingerprint density at radius 1 is 1.00 bits per heavy atom. The lowest BCUT2D eigenvalue weighted by molar-refractivity contribution is -0.153. The van der Waals surface area contributed by atoms with Crippen LogP contribution < -0.4 is 0 Å². The van der Waals surface area contributed by atoms with Crippen LogP contribution in [-0.2, 0) is 9.53 Å². The first-order valence-electron chi connectivity index (χ1n) is 13.3. The van der Waals surface area contributed by atoms with Gasteiger partial charge in [-0.05, 0) is 85.2 Å². The van der Waals surface area contributed by atoms with Gasteiger partial charge in [0.2, 0.25) is 0 Å². The number of hydrogen-bond donors (Lipinski definition) is 3. The van der Waals surface area contributed by atoms with Crippen LogP contribution in [-0.4, -0.2) is 51.1 Å². The number of carbonyl (C=O) groups excluding carboxylic acids is 1. The first-order chi connectivity index (χ1) is 15.3. The van der Waals surface area contributed by atoms with Crippen LogP contribution >= 0.6 is 0 Å². The van der Waals surface area contributed by atoms with Crippen LogP contribution in [0.25, 0.3) is 0 Å². The van der Waals surface area contributed by atoms with E-state index >= 15 is 0 Å². The maximum Gasteiger partial charge on any atom is 0.159 e. The van der Waals surface area contributed by atoms with E-state index in [1.165, 1.54) is 0 Å². The maximum atomic E-state index is 13.3. The number of rotatable bonds is 4. The predicted molar refractivity (Wildman–Crippen MR) is 126 cm³/mol. The number of aliphatic hydroxyl groups excluding tert-OH is 2. The molecule has 5 aliphatic rings. The van der Waals surface area contributed by atoms with Gasteiger partial charge in [0, 0.05) is 11.3 Å². The van der Waals surface area contributed by atoms with Gasteiger partial charge in [0.1, 0.15) is 0 Å². The summed E-state index contributed by atoms with van der Waals surface area (Å²) >= 11 is 0. The van der Waals surface area contributed by atoms with Gasteiger partial charge in [0.05, 0.1) is 30.0 Å². The summed E-state index contributed by atoms with van der Waals surface area (Å²) in [6, 6.07) is 0. The van der Waals surface area contributed by atoms with Crippen LogP contribution in [0, 0.1) is 46.3 Å². The van der Waals surface area contributed by atoms with Crippen molar-refractivity contribution in [2.45, 2.75) is 110 Å². The van der Waals surface area contributed by atoms with Gasteiger partial charge in [-0.2, -0.15) is 0 Å². The van der Waals surface area contributed by atoms with Crippen LogP contribution in [0.3, 0.4) is 0 Å². The summed E-state index contributed by atoms with van der Waals surface area (Å²) in [5.74, 6) is 1.70. The predicted octanol–water partition coefficient (Wildman–Crippen LogP) is 3.89. The quantitative estimate of drug-likeness (QED) is 0.554. The highest BCUT2D eigenvalue weighted by Gasteiger charge is 2.68. The number of carbonyl (C=O) groups is 1. The molecule has 186 valence electrons. The summed E-state index contributed by atoms with van der Waals surface area (Å²) in [7, 11) is 0. The largest absolute Gasteiger partial charge is 0.390 e. The minimum Gasteiger partial charge on any atom is -0.390 e. The number of epoxide rings is 1. The van der Waals surface area contributed by atoms with Crippen molar-refractivity contribution < 1.29 is 24.9 Å². The zero-order valence-corrected chi connectivity index (χ0v) is 21.3. The highest BCUT2D eigenvalue weighted by atomic mass is 16.6. The minimum absolute atomic E-state index is 0.0280. The third-order valence-corrected chi connectivity index (χ3v) is 11.5. The smallest absolute Gasteiger partial charge is 0.159 e. The molecule has 0 spiro atoms. The fourth-order valence-electron chi connectivity index (χ4n) is 8.84. The first-order valence-corrected chi connectivity index (χ1v) is 13.3. The molecular weight excluding hydrogens is 416 g/mol. The second-order valence-corrected chi connectivity index (χ2v) is 13.2. The molecule has 0 bridgehead atoms. The lowest BCUT2D eigenvalue weighted by Crippen LogP contribution is -2.61. The number of ketones is 1. The van der Waals surface area contributed by atoms with Gasteiger partial charge in [-0.15, -0.1) is 0 Å². The van der Waals surface area contributed by atoms with E-state index in [-0.39, 0.29) is 29.1 Å². The van der Waals surface area contributed by atoms with E-state index in [1.54, 1.807) is 6.08 Å². The highest BCUT2D eigenvalue weighted by molar-refractivity contribution is 5.95. The van der Waals surface area contributed by atoms with E-state index in [9.17, 15) is 20.1 Å². The first kappa shape index (κ1) is 24.0. The molecule has 12 atom stereocenters. The van der Waals surface area contributed by atoms with E-state index < -0.39 is 23.2 Å². The molecule has 1 saturated heterocycles. The van der Waals surface area contributed by atoms with Gasteiger partial charge in [0.15, 0.2) is 5.78 Å². The molecular formula is C28H44O5. The minimum atomic E-state index is -0.979. The van der Waals surface area contributed by atoms with Crippen molar-refractivity contribution in [2.75, 3.05) is 0 Å². The summed E-state index contributed by atoms with van der Waals surface area (Å²) in [6.45, 7) is 13.5. The SMILES string of the molecule is CC(C)[C@@H](C)[C@H]1O[C@H]1[C@H](C)[C@H]1CC[C@@]2(O)C3=CC(=O)[C@@H]4C[C@@H](O)[C@@H](O)C[C@]4(C)[C@@H]3CC[C@]12C. The van der Waals surface area contributed by atoms with Gasteiger partial charge >= 0.3 is 0 Å². The number of allylic oxidation sites excluding steroid dienone is 1. The second kappa shape index (κ2) is 7.62. The normalized spacial score (nSPS) is 53.1. The van der Waals surface area contributed by atoms with E-state index in [0.29, 0.717) is 49.0 Å². The second-order valence-electron chi connectivity index (χ2n) is 13.2. The fourth-order valence-corrected chi connectivity index (χ4v) is 8.84. The fraction of sp³-hybridized carbons (Fsp3) is 0.893. The van der Waals surface area contributed by atoms with Crippen LogP contribution in [0.4, 0.5) is 0 Å². The number of hydrogen-bond acceptors (Lipinski definition) is 5. The molecule has 3 saturated carbocycles. The molecule has 4 aliphatic carbocycles. The monoisotopic (exact) mass is 460 g/mol. The van der Waals surface area contributed by atoms with E-state index in [4.69, 9.17) is 4.74 Å². The standard InChI is InChI=1S/C28H44O5/c1-14(2)15(3)24-25(33-24)16(4)17-8-10-28(32)19-11-21(29)20-12-22(30)23(31)13-26(20,5)18(19)7-9-27(17,28)6/h11,14-18,20,22-25,30-32H,7-10,12-13H2,1-6H3/t15-,16-,17-,18-,20+,22-,23+,24-,25+,26-,27-,28-/m1/s1. The van der Waals surface area contributed by atoms with Crippen LogP contribution in [0.2, 0.25) is 0 Å². The summed E-state index contributed by atoms with van der Waals surface area (Å²) in [4.78, 5) is 13.3. The molecule has 0 amide bonds. The summed E-state index contributed by atoms with van der Waals surface area (Å²) in [5, 5.41) is 33.1. The molecule has 0 aromatic rings. The van der Waals surface area contributed by atoms with Gasteiger partial charge in [0.25, 0.3) is 0 Å². The molecule has 1 aliphatic heterocycles. The van der Waals surface area contributed by atoms with Crippen LogP contribution in [0.5, 0.6) is 0 Å². The van der Waals surface area contributed by atoms with Gasteiger partial charge in [-0.3, -0.25) is 4.79 Å². The Morgan fingerprint density at radius 3 is 2.36 bits per heavy atom. The van der Waals surface area contributed by atoms with Crippen molar-refractivity contribution in [3.8, 4) is 0 Å². The van der Waals surface area contributed by atoms with Crippen molar-refractivity contribution in [3.05, 3.63) is 11.6 Å². The molecule has 4 fully saturated rings. The molecule has 0 aromatic carbocycles. The van der Waals surface area contributed by atoms with Gasteiger partial charge < -0.3 is 20.1 Å². The Hall–Kier alpha value is -0.750. The van der Waals surface area contributed by atoms with E-state index in [2.05, 4.69) is 41.5 Å². The Balaban J connectivity index is 1.44. The topological polar surface area (TPSA) is 90.3 Å². The van der Waals surface area contributed by atoms with E-state index in [0.717, 1.165) is 24.8 Å². The van der Waals surface area contributed by atoms with Gasteiger partial charge in [-0.25, -0.2) is 0 Å². The molecule has 5 rings (SSSR count). The summed E-state index contributed by atoms with van der Waals surface area (Å²) in [5.41, 5.74) is -0.740. The average Bonchev–Trinajstić information content (AvgIpc) is 3.48. The maximum absolute atomic E-state index is 13.3. The average molecular weight is 461 g/mol. The Kier molecular flexibility index (Phi) is 5.54. The lowest BCUT2D eigenvalue weighted by Gasteiger charge is -2.60. The third kappa shape index (κ3) is 3.21. The number of ether oxygens (including phenoxy) is 1. The van der Waals surface area contributed by atoms with Crippen molar-refractivity contribution in [3.63, 3.8) is 0 Å². The molecule has 3 N–H and O–H groups in total. The van der Waals surface area contributed by atoms with Crippen molar-refractivity contribution in [2.24, 2.45) is 46.3 Å². The zero-order chi connectivity index (χ0) is 24.1. The lowest BCUT2D eigenvalue weighted by atomic mass is 9.46. The van der Waals surface area contributed by atoms with Crippen LogP contribution in [0.1, 0.15) is 80.1 Å². The van der Waals surface area contributed by atoms with Crippen LogP contribution in [0.15, 0.2) is 11.6 Å². The summed E-state index contributed by atoms with van der Waals surface area (Å²) in [6.07, 6.45) is 4.93. The van der Waals surface area contributed by atoms with Crippen molar-refractivity contribution in [1.82, 2.24) is 0 Å². The molecule has 5 nitrogen and oxygen atoms in total. The molecule has 5 heteroatoms. The molecule has 0 radical (unpaired) electrons. The molecule has 33 heavy (non-hydrogen) atoms. The molecule has 0 aromatic heterocycles. The summed E-state index contributed by atoms with van der Waals surface area (Å²) < 4.78 is 6.20. The third-order valence-electron chi connectivity index (χ3n) is 11.5. The number of aliphatic hydroxyl groups is 3. The molecule has 0 unspecified atom stereocenters. The van der Waals surface area contributed by atoms with Crippen molar-refractivity contribution in [1.29, 1.82) is 0 Å². The van der Waals surface area contributed by atoms with Crippen molar-refractivity contribution >= 4 is 5.78 Å². The highest BCUT2D eigenvalue weighted by Crippen LogP contribution is 2.68. The zero-order valence-electron chi connectivity index (χ0n) is 21.3. The number of fused-ring (bicyclic) bond motifs is 5. The Bertz CT molecular complexity index is 851. The molecule has 1 heterocycles. The van der Waals surface area contributed by atoms with Gasteiger partial charge in [-0.1, -0.05) is 41.5 Å².